The Bertz CT molecular complexity index is 1740. The molecule has 2 aliphatic heterocycles. The summed E-state index contributed by atoms with van der Waals surface area (Å²) in [5.41, 5.74) is -1.84. The molecule has 0 bridgehead atoms. The molecule has 8 nitrogen and oxygen atoms in total. The summed E-state index contributed by atoms with van der Waals surface area (Å²) in [6.45, 7) is -0.799. The lowest BCUT2D eigenvalue weighted by Gasteiger charge is -2.36. The number of esters is 1. The zero-order valence-corrected chi connectivity index (χ0v) is 21.4. The zero-order valence-electron chi connectivity index (χ0n) is 21.4. The number of hydrogen-bond acceptors (Lipinski definition) is 8. The number of carbonyl (C=O) groups excluding carboxylic acids is 1. The lowest BCUT2D eigenvalue weighted by Crippen LogP contribution is -2.33. The Kier molecular flexibility index (Phi) is 6.62. The van der Waals surface area contributed by atoms with Crippen molar-refractivity contribution in [3.05, 3.63) is 106 Å². The number of aliphatic hydroxyl groups is 1. The van der Waals surface area contributed by atoms with Crippen LogP contribution < -0.4 is 19.5 Å². The summed E-state index contributed by atoms with van der Waals surface area (Å²) in [4.78, 5) is 13.3. The highest BCUT2D eigenvalue weighted by atomic mass is 19.2. The zero-order chi connectivity index (χ0) is 29.8. The Morgan fingerprint density at radius 3 is 2.05 bits per heavy atom. The lowest BCUT2D eigenvalue weighted by molar-refractivity contribution is -0.0653. The van der Waals surface area contributed by atoms with Crippen molar-refractivity contribution in [1.82, 2.24) is 0 Å². The molecule has 2 N–H and O–H groups in total. The first kappa shape index (κ1) is 27.3. The van der Waals surface area contributed by atoms with E-state index in [0.29, 0.717) is 28.2 Å². The van der Waals surface area contributed by atoms with E-state index in [2.05, 4.69) is 5.32 Å². The topological polar surface area (TPSA) is 95.5 Å². The highest BCUT2D eigenvalue weighted by molar-refractivity contribution is 5.98. The Morgan fingerprint density at radius 2 is 1.40 bits per heavy atom. The van der Waals surface area contributed by atoms with Crippen LogP contribution in [0.5, 0.6) is 23.0 Å². The Labute approximate surface area is 233 Å². The summed E-state index contributed by atoms with van der Waals surface area (Å²) in [7, 11) is 1.46. The van der Waals surface area contributed by atoms with E-state index >= 15 is 0 Å². The van der Waals surface area contributed by atoms with Crippen LogP contribution >= 0.6 is 0 Å². The van der Waals surface area contributed by atoms with Crippen molar-refractivity contribution in [2.45, 2.75) is 5.60 Å². The minimum absolute atomic E-state index is 0.0323. The number of anilines is 2. The van der Waals surface area contributed by atoms with Crippen molar-refractivity contribution in [1.29, 1.82) is 0 Å². The van der Waals surface area contributed by atoms with Crippen LogP contribution in [0.25, 0.3) is 0 Å². The van der Waals surface area contributed by atoms with Crippen molar-refractivity contribution in [2.24, 2.45) is 0 Å². The number of carbonyl (C=O) groups is 1. The minimum atomic E-state index is -2.29. The summed E-state index contributed by atoms with van der Waals surface area (Å²) < 4.78 is 97.4. The summed E-state index contributed by atoms with van der Waals surface area (Å²) in [5.74, 6) is -10.2. The van der Waals surface area contributed by atoms with Gasteiger partial charge < -0.3 is 34.1 Å². The van der Waals surface area contributed by atoms with E-state index in [0.717, 1.165) is 0 Å². The predicted octanol–water partition coefficient (Wildman–Crippen LogP) is 6.01. The van der Waals surface area contributed by atoms with Gasteiger partial charge in [0.2, 0.25) is 5.82 Å². The highest BCUT2D eigenvalue weighted by Gasteiger charge is 2.53. The molecule has 42 heavy (non-hydrogen) atoms. The smallest absolute Gasteiger partial charge is 0.340 e. The minimum Gasteiger partial charge on any atom is -0.497 e. The van der Waals surface area contributed by atoms with Crippen LogP contribution in [0, 0.1) is 29.1 Å². The van der Waals surface area contributed by atoms with Crippen molar-refractivity contribution in [2.75, 3.05) is 26.0 Å². The molecule has 0 radical (unpaired) electrons. The molecular formula is C29H18F5NO7. The van der Waals surface area contributed by atoms with E-state index in [1.165, 1.54) is 31.4 Å². The third-order valence-electron chi connectivity index (χ3n) is 6.86. The van der Waals surface area contributed by atoms with Gasteiger partial charge in [-0.2, -0.15) is 0 Å². The number of hydrogen-bond donors (Lipinski definition) is 2. The van der Waals surface area contributed by atoms with E-state index < -0.39 is 53.1 Å². The maximum Gasteiger partial charge on any atom is 0.340 e. The van der Waals surface area contributed by atoms with Gasteiger partial charge in [-0.05, 0) is 36.4 Å². The number of aliphatic hydroxyl groups excluding tert-OH is 1. The SMILES string of the molecule is COc1ccc2c(c1)Oc1cc(OCOCO)ccc1C21OC(=O)c2cc(Nc3c(F)c(F)c(F)c(F)c3F)ccc21. The van der Waals surface area contributed by atoms with Gasteiger partial charge in [0.05, 0.1) is 12.7 Å². The van der Waals surface area contributed by atoms with Crippen LogP contribution in [-0.4, -0.2) is 31.8 Å². The van der Waals surface area contributed by atoms with Gasteiger partial charge in [0.1, 0.15) is 35.5 Å². The lowest BCUT2D eigenvalue weighted by atomic mass is 9.77. The van der Waals surface area contributed by atoms with Gasteiger partial charge in [0, 0.05) is 34.5 Å². The molecule has 0 fully saturated rings. The second-order valence-corrected chi connectivity index (χ2v) is 9.12. The van der Waals surface area contributed by atoms with Gasteiger partial charge in [0.25, 0.3) is 0 Å². The molecule has 0 saturated carbocycles. The normalized spacial score (nSPS) is 16.3. The highest BCUT2D eigenvalue weighted by Crippen LogP contribution is 2.57. The molecule has 216 valence electrons. The molecule has 1 spiro atoms. The second kappa shape index (κ2) is 10.2. The first-order chi connectivity index (χ1) is 20.2. The van der Waals surface area contributed by atoms with Gasteiger partial charge in [-0.1, -0.05) is 6.07 Å². The van der Waals surface area contributed by atoms with Crippen LogP contribution in [0.1, 0.15) is 27.0 Å². The molecule has 2 aliphatic rings. The number of halogens is 5. The quantitative estimate of drug-likeness (QED) is 0.0679. The number of benzene rings is 4. The standard InChI is InChI=1S/C29H18F5NO7/c1-38-14-3-6-18-20(9-14)41-21-10-15(40-12-39-11-36)4-7-19(21)29(18)17-5-2-13(8-16(17)28(37)42-29)35-27-25(33)23(31)22(30)24(32)26(27)34/h2-10,35-36H,11-12H2,1H3. The van der Waals surface area contributed by atoms with Crippen molar-refractivity contribution >= 4 is 17.3 Å². The maximum absolute atomic E-state index is 14.3. The molecule has 13 heteroatoms. The van der Waals surface area contributed by atoms with Gasteiger partial charge >= 0.3 is 5.97 Å². The van der Waals surface area contributed by atoms with Crippen molar-refractivity contribution in [3.63, 3.8) is 0 Å². The molecule has 2 heterocycles. The summed E-state index contributed by atoms with van der Waals surface area (Å²) in [6.07, 6.45) is 0. The monoisotopic (exact) mass is 587 g/mol. The second-order valence-electron chi connectivity index (χ2n) is 9.12. The molecule has 0 aromatic heterocycles. The Hall–Kier alpha value is -4.88. The first-order valence-corrected chi connectivity index (χ1v) is 12.2. The molecule has 6 rings (SSSR count). The van der Waals surface area contributed by atoms with Crippen molar-refractivity contribution in [3.8, 4) is 23.0 Å². The summed E-state index contributed by atoms with van der Waals surface area (Å²) in [6, 6.07) is 13.5. The molecular weight excluding hydrogens is 569 g/mol. The molecule has 0 amide bonds. The maximum atomic E-state index is 14.3. The van der Waals surface area contributed by atoms with Crippen LogP contribution in [0.3, 0.4) is 0 Å². The van der Waals surface area contributed by atoms with E-state index in [1.54, 1.807) is 30.3 Å². The van der Waals surface area contributed by atoms with E-state index in [1.807, 2.05) is 0 Å². The fourth-order valence-electron chi connectivity index (χ4n) is 4.99. The number of nitrogens with one attached hydrogen (secondary N) is 1. The van der Waals surface area contributed by atoms with Crippen LogP contribution in [0.15, 0.2) is 54.6 Å². The fourth-order valence-corrected chi connectivity index (χ4v) is 4.99. The summed E-state index contributed by atoms with van der Waals surface area (Å²) in [5, 5.41) is 11.0. The third kappa shape index (κ3) is 4.08. The van der Waals surface area contributed by atoms with E-state index in [9.17, 15) is 26.7 Å². The van der Waals surface area contributed by atoms with Gasteiger partial charge in [-0.3, -0.25) is 0 Å². The number of methoxy groups -OCH3 is 1. The van der Waals surface area contributed by atoms with Crippen LogP contribution in [0.4, 0.5) is 33.3 Å². The Morgan fingerprint density at radius 1 is 0.810 bits per heavy atom. The van der Waals surface area contributed by atoms with Crippen LogP contribution in [0.2, 0.25) is 0 Å². The molecule has 0 aliphatic carbocycles. The van der Waals surface area contributed by atoms with Gasteiger partial charge in [-0.15, -0.1) is 0 Å². The average molecular weight is 587 g/mol. The first-order valence-electron chi connectivity index (χ1n) is 12.2. The van der Waals surface area contributed by atoms with E-state index in [-0.39, 0.29) is 29.5 Å². The van der Waals surface area contributed by atoms with Crippen LogP contribution in [-0.2, 0) is 15.1 Å². The fraction of sp³-hybridized carbons (Fsp3) is 0.138. The third-order valence-corrected chi connectivity index (χ3v) is 6.86. The predicted molar refractivity (Wildman–Crippen MR) is 134 cm³/mol. The van der Waals surface area contributed by atoms with Gasteiger partial charge in [0.15, 0.2) is 35.7 Å². The number of rotatable bonds is 7. The molecule has 4 aromatic rings. The van der Waals surface area contributed by atoms with Gasteiger partial charge in [-0.25, -0.2) is 26.7 Å². The average Bonchev–Trinajstić information content (AvgIpc) is 3.28. The molecule has 0 saturated heterocycles. The largest absolute Gasteiger partial charge is 0.497 e. The summed E-state index contributed by atoms with van der Waals surface area (Å²) >= 11 is 0. The number of fused-ring (bicyclic) bond motifs is 6. The molecule has 1 unspecified atom stereocenters. The number of ether oxygens (including phenoxy) is 5. The molecule has 4 aromatic carbocycles. The van der Waals surface area contributed by atoms with E-state index in [4.69, 9.17) is 28.8 Å². The van der Waals surface area contributed by atoms with Crippen molar-refractivity contribution < 1.29 is 55.5 Å². The molecule has 1 atom stereocenters. The Balaban J connectivity index is 1.48.